The Kier molecular flexibility index (Phi) is 3.23. The number of anilines is 1. The Morgan fingerprint density at radius 2 is 1.96 bits per heavy atom. The molecule has 1 aliphatic rings. The largest absolute Gasteiger partial charge is 0.325 e. The van der Waals surface area contributed by atoms with Crippen LogP contribution in [0.2, 0.25) is 0 Å². The van der Waals surface area contributed by atoms with Crippen molar-refractivity contribution in [2.45, 2.75) is 19.3 Å². The van der Waals surface area contributed by atoms with Gasteiger partial charge in [0, 0.05) is 19.2 Å². The molecule has 1 aromatic heterocycles. The van der Waals surface area contributed by atoms with Gasteiger partial charge in [-0.3, -0.25) is 14.2 Å². The first-order valence-electron chi connectivity index (χ1n) is 7.90. The highest BCUT2D eigenvalue weighted by Gasteiger charge is 2.31. The van der Waals surface area contributed by atoms with E-state index in [9.17, 15) is 9.59 Å². The fraction of sp³-hybridized carbons (Fsp3) is 0.211. The molecule has 1 atom stereocenters. The van der Waals surface area contributed by atoms with E-state index in [0.717, 1.165) is 16.8 Å². The second-order valence-corrected chi connectivity index (χ2v) is 6.25. The van der Waals surface area contributed by atoms with Crippen molar-refractivity contribution in [2.24, 2.45) is 7.05 Å². The second kappa shape index (κ2) is 5.30. The lowest BCUT2D eigenvalue weighted by atomic mass is 9.95. The zero-order valence-electron chi connectivity index (χ0n) is 13.5. The van der Waals surface area contributed by atoms with Crippen LogP contribution in [0.4, 0.5) is 5.69 Å². The van der Waals surface area contributed by atoms with Crippen LogP contribution in [0.15, 0.2) is 47.3 Å². The summed E-state index contributed by atoms with van der Waals surface area (Å²) in [4.78, 5) is 29.5. The van der Waals surface area contributed by atoms with Crippen molar-refractivity contribution in [3.8, 4) is 0 Å². The van der Waals surface area contributed by atoms with Crippen LogP contribution in [0.5, 0.6) is 0 Å². The van der Waals surface area contributed by atoms with Crippen LogP contribution in [-0.4, -0.2) is 15.5 Å². The molecule has 24 heavy (non-hydrogen) atoms. The topological polar surface area (TPSA) is 64.0 Å². The number of aryl methyl sites for hydroxylation is 1. The highest BCUT2D eigenvalue weighted by atomic mass is 16.2. The van der Waals surface area contributed by atoms with Gasteiger partial charge in [-0.05, 0) is 30.7 Å². The van der Waals surface area contributed by atoms with Gasteiger partial charge in [0.05, 0.1) is 16.8 Å². The van der Waals surface area contributed by atoms with Gasteiger partial charge in [0.25, 0.3) is 5.56 Å². The molecule has 3 aromatic rings. The molecule has 2 heterocycles. The van der Waals surface area contributed by atoms with Crippen molar-refractivity contribution in [1.82, 2.24) is 9.55 Å². The summed E-state index contributed by atoms with van der Waals surface area (Å²) in [5, 5.41) is 3.51. The fourth-order valence-electron chi connectivity index (χ4n) is 3.28. The number of carbonyl (C=O) groups excluding carboxylic acids is 1. The fourth-order valence-corrected chi connectivity index (χ4v) is 3.28. The molecule has 1 amide bonds. The summed E-state index contributed by atoms with van der Waals surface area (Å²) in [7, 11) is 1.71. The van der Waals surface area contributed by atoms with Crippen molar-refractivity contribution in [1.29, 1.82) is 0 Å². The number of fused-ring (bicyclic) bond motifs is 2. The van der Waals surface area contributed by atoms with Gasteiger partial charge in [0.1, 0.15) is 5.82 Å². The normalized spacial score (nSPS) is 16.2. The number of amides is 1. The van der Waals surface area contributed by atoms with Crippen molar-refractivity contribution < 1.29 is 4.79 Å². The third kappa shape index (κ3) is 2.21. The van der Waals surface area contributed by atoms with Crippen LogP contribution >= 0.6 is 0 Å². The van der Waals surface area contributed by atoms with Gasteiger partial charge in [0.2, 0.25) is 5.91 Å². The summed E-state index contributed by atoms with van der Waals surface area (Å²) >= 11 is 0. The number of hydrogen-bond donors (Lipinski definition) is 1. The third-order valence-electron chi connectivity index (χ3n) is 4.62. The summed E-state index contributed by atoms with van der Waals surface area (Å²) in [6.07, 6.45) is 0.402. The van der Waals surface area contributed by atoms with Gasteiger partial charge in [-0.1, -0.05) is 29.8 Å². The maximum Gasteiger partial charge on any atom is 0.261 e. The first kappa shape index (κ1) is 14.6. The van der Waals surface area contributed by atoms with Crippen molar-refractivity contribution in [2.75, 3.05) is 5.32 Å². The highest BCUT2D eigenvalue weighted by molar-refractivity contribution is 6.03. The molecule has 2 aromatic carbocycles. The van der Waals surface area contributed by atoms with E-state index in [1.165, 1.54) is 0 Å². The molecular weight excluding hydrogens is 302 g/mol. The molecule has 0 saturated heterocycles. The van der Waals surface area contributed by atoms with Gasteiger partial charge in [-0.25, -0.2) is 4.98 Å². The molecule has 1 unspecified atom stereocenters. The van der Waals surface area contributed by atoms with E-state index in [2.05, 4.69) is 10.3 Å². The van der Waals surface area contributed by atoms with Gasteiger partial charge < -0.3 is 5.32 Å². The van der Waals surface area contributed by atoms with E-state index in [1.807, 2.05) is 43.3 Å². The third-order valence-corrected chi connectivity index (χ3v) is 4.62. The number of para-hydroxylation sites is 1. The van der Waals surface area contributed by atoms with Crippen LogP contribution in [-0.2, 0) is 18.3 Å². The lowest BCUT2D eigenvalue weighted by Crippen LogP contribution is -2.25. The number of rotatable bonds is 2. The molecule has 120 valence electrons. The highest BCUT2D eigenvalue weighted by Crippen LogP contribution is 2.35. The predicted octanol–water partition coefficient (Wildman–Crippen LogP) is 2.52. The molecule has 4 rings (SSSR count). The summed E-state index contributed by atoms with van der Waals surface area (Å²) in [5.41, 5.74) is 3.51. The summed E-state index contributed by atoms with van der Waals surface area (Å²) in [5.74, 6) is 0.255. The predicted molar refractivity (Wildman–Crippen MR) is 93.2 cm³/mol. The number of hydrogen-bond acceptors (Lipinski definition) is 3. The van der Waals surface area contributed by atoms with E-state index in [0.29, 0.717) is 23.1 Å². The zero-order valence-corrected chi connectivity index (χ0v) is 13.5. The smallest absolute Gasteiger partial charge is 0.261 e. The van der Waals surface area contributed by atoms with Crippen LogP contribution in [0.25, 0.3) is 10.9 Å². The Bertz CT molecular complexity index is 1040. The standard InChI is InChI=1S/C19H17N3O2/c1-11-7-8-16-13(9-11)14(18(23)21-16)10-17-20-15-6-4-3-5-12(15)19(24)22(17)2/h3-9,14H,10H2,1-2H3,(H,21,23). The molecule has 0 bridgehead atoms. The molecule has 0 saturated carbocycles. The molecule has 0 radical (unpaired) electrons. The Labute approximate surface area is 139 Å². The molecule has 0 aliphatic carbocycles. The summed E-state index contributed by atoms with van der Waals surface area (Å²) < 4.78 is 1.55. The molecule has 1 N–H and O–H groups in total. The van der Waals surface area contributed by atoms with E-state index in [1.54, 1.807) is 17.7 Å². The van der Waals surface area contributed by atoms with Crippen LogP contribution in [0.3, 0.4) is 0 Å². The molecule has 5 heteroatoms. The minimum absolute atomic E-state index is 0.0435. The van der Waals surface area contributed by atoms with Crippen LogP contribution in [0, 0.1) is 6.92 Å². The number of benzene rings is 2. The van der Waals surface area contributed by atoms with Gasteiger partial charge in [-0.15, -0.1) is 0 Å². The maximum absolute atomic E-state index is 12.5. The number of aromatic nitrogens is 2. The summed E-state index contributed by atoms with van der Waals surface area (Å²) in [6.45, 7) is 2.00. The van der Waals surface area contributed by atoms with Gasteiger partial charge in [0.15, 0.2) is 0 Å². The average Bonchev–Trinajstić information content (AvgIpc) is 2.88. The van der Waals surface area contributed by atoms with Gasteiger partial charge >= 0.3 is 0 Å². The summed E-state index contributed by atoms with van der Waals surface area (Å²) in [6, 6.07) is 13.2. The van der Waals surface area contributed by atoms with Gasteiger partial charge in [-0.2, -0.15) is 0 Å². The quantitative estimate of drug-likeness (QED) is 0.789. The van der Waals surface area contributed by atoms with Crippen LogP contribution in [0.1, 0.15) is 22.9 Å². The number of nitrogens with zero attached hydrogens (tertiary/aromatic N) is 2. The lowest BCUT2D eigenvalue weighted by Gasteiger charge is -2.13. The average molecular weight is 319 g/mol. The molecule has 1 aliphatic heterocycles. The zero-order chi connectivity index (χ0) is 16.8. The Morgan fingerprint density at radius 3 is 2.79 bits per heavy atom. The molecule has 0 fully saturated rings. The van der Waals surface area contributed by atoms with Crippen molar-refractivity contribution in [3.63, 3.8) is 0 Å². The van der Waals surface area contributed by atoms with Crippen molar-refractivity contribution >= 4 is 22.5 Å². The lowest BCUT2D eigenvalue weighted by molar-refractivity contribution is -0.117. The minimum atomic E-state index is -0.320. The Hall–Kier alpha value is -2.95. The number of nitrogens with one attached hydrogen (secondary N) is 1. The molecule has 0 spiro atoms. The van der Waals surface area contributed by atoms with E-state index >= 15 is 0 Å². The first-order chi connectivity index (χ1) is 11.5. The SMILES string of the molecule is Cc1ccc2c(c1)C(Cc1nc3ccccc3c(=O)n1C)C(=O)N2. The van der Waals surface area contributed by atoms with Crippen molar-refractivity contribution in [3.05, 3.63) is 69.8 Å². The van der Waals surface area contributed by atoms with Crippen LogP contribution < -0.4 is 10.9 Å². The molecule has 5 nitrogen and oxygen atoms in total. The first-order valence-corrected chi connectivity index (χ1v) is 7.90. The van der Waals surface area contributed by atoms with E-state index < -0.39 is 0 Å². The monoisotopic (exact) mass is 319 g/mol. The van der Waals surface area contributed by atoms with E-state index in [4.69, 9.17) is 0 Å². The minimum Gasteiger partial charge on any atom is -0.325 e. The molecular formula is C19H17N3O2. The second-order valence-electron chi connectivity index (χ2n) is 6.25. The Balaban J connectivity index is 1.81. The Morgan fingerprint density at radius 1 is 1.17 bits per heavy atom. The maximum atomic E-state index is 12.5. The number of carbonyl (C=O) groups is 1. The van der Waals surface area contributed by atoms with E-state index in [-0.39, 0.29) is 17.4 Å².